The van der Waals surface area contributed by atoms with Crippen molar-refractivity contribution in [3.8, 4) is 0 Å². The van der Waals surface area contributed by atoms with Crippen LogP contribution in [-0.4, -0.2) is 42.1 Å². The number of benzene rings is 1. The molecule has 0 fully saturated rings. The van der Waals surface area contributed by atoms with Gasteiger partial charge in [0.25, 0.3) is 0 Å². The van der Waals surface area contributed by atoms with Gasteiger partial charge in [-0.15, -0.1) is 0 Å². The zero-order valence-electron chi connectivity index (χ0n) is 13.4. The first-order valence-corrected chi connectivity index (χ1v) is 7.37. The van der Waals surface area contributed by atoms with E-state index < -0.39 is 23.8 Å². The maximum Gasteiger partial charge on any atom is 0.237 e. The highest BCUT2D eigenvalue weighted by Crippen LogP contribution is 2.19. The van der Waals surface area contributed by atoms with E-state index >= 15 is 0 Å². The number of carbonyl (C=O) groups excluding carboxylic acids is 1. The van der Waals surface area contributed by atoms with Gasteiger partial charge >= 0.3 is 0 Å². The molecule has 22 heavy (non-hydrogen) atoms. The van der Waals surface area contributed by atoms with Gasteiger partial charge in [0, 0.05) is 0 Å². The summed E-state index contributed by atoms with van der Waals surface area (Å²) in [6.45, 7) is 3.62. The number of amides is 1. The summed E-state index contributed by atoms with van der Waals surface area (Å²) in [7, 11) is 3.63. The molecule has 1 amide bonds. The summed E-state index contributed by atoms with van der Waals surface area (Å²) in [5.41, 5.74) is 0.226. The van der Waals surface area contributed by atoms with Crippen molar-refractivity contribution in [3.05, 3.63) is 35.4 Å². The zero-order chi connectivity index (χ0) is 16.9. The molecule has 124 valence electrons. The zero-order valence-corrected chi connectivity index (χ0v) is 13.4. The lowest BCUT2D eigenvalue weighted by Crippen LogP contribution is -2.48. The average Bonchev–Trinajstić information content (AvgIpc) is 2.46. The van der Waals surface area contributed by atoms with Crippen molar-refractivity contribution in [2.45, 2.75) is 44.9 Å². The molecule has 6 heteroatoms. The van der Waals surface area contributed by atoms with Crippen LogP contribution in [0.2, 0.25) is 0 Å². The third-order valence-electron chi connectivity index (χ3n) is 3.62. The quantitative estimate of drug-likeness (QED) is 0.811. The summed E-state index contributed by atoms with van der Waals surface area (Å²) in [5.74, 6) is -2.18. The summed E-state index contributed by atoms with van der Waals surface area (Å²) in [6, 6.07) is 2.31. The number of halogens is 2. The highest BCUT2D eigenvalue weighted by molar-refractivity contribution is 5.82. The molecule has 0 saturated heterocycles. The molecular formula is C16H24F2N2O2. The Balaban J connectivity index is 2.75. The molecule has 2 N–H and O–H groups in total. The number of carbonyl (C=O) groups is 1. The predicted molar refractivity (Wildman–Crippen MR) is 81.3 cm³/mol. The number of rotatable bonds is 7. The third-order valence-corrected chi connectivity index (χ3v) is 3.62. The van der Waals surface area contributed by atoms with Crippen LogP contribution >= 0.6 is 0 Å². The van der Waals surface area contributed by atoms with Crippen molar-refractivity contribution in [3.63, 3.8) is 0 Å². The number of likely N-dealkylation sites (N-methyl/N-ethyl adjacent to an activating group) is 1. The summed E-state index contributed by atoms with van der Waals surface area (Å²) < 4.78 is 26.1. The Morgan fingerprint density at radius 2 is 1.95 bits per heavy atom. The van der Waals surface area contributed by atoms with Crippen LogP contribution < -0.4 is 5.32 Å². The number of aliphatic hydroxyl groups excluding tert-OH is 1. The second kappa shape index (κ2) is 8.19. The molecule has 4 nitrogen and oxygen atoms in total. The van der Waals surface area contributed by atoms with Crippen LogP contribution in [0, 0.1) is 11.6 Å². The van der Waals surface area contributed by atoms with Gasteiger partial charge in [-0.25, -0.2) is 8.78 Å². The fourth-order valence-corrected chi connectivity index (χ4v) is 2.28. The van der Waals surface area contributed by atoms with E-state index in [1.165, 1.54) is 6.07 Å². The van der Waals surface area contributed by atoms with Crippen molar-refractivity contribution >= 4 is 5.91 Å². The molecule has 1 rings (SSSR count). The highest BCUT2D eigenvalue weighted by Gasteiger charge is 2.25. The highest BCUT2D eigenvalue weighted by atomic mass is 19.2. The smallest absolute Gasteiger partial charge is 0.237 e. The standard InChI is InChI=1S/C16H24F2N2O2/c1-5-6-14(20(3)4)16(22)19-10(2)15(21)11-7-8-12(17)13(18)9-11/h7-10,14-15,21H,5-6H2,1-4H3,(H,19,22). The van der Waals surface area contributed by atoms with Crippen LogP contribution in [0.3, 0.4) is 0 Å². The van der Waals surface area contributed by atoms with Gasteiger partial charge in [-0.2, -0.15) is 0 Å². The maximum atomic E-state index is 13.2. The van der Waals surface area contributed by atoms with Crippen LogP contribution in [-0.2, 0) is 4.79 Å². The molecule has 0 aliphatic carbocycles. The fourth-order valence-electron chi connectivity index (χ4n) is 2.28. The summed E-state index contributed by atoms with van der Waals surface area (Å²) in [6.07, 6.45) is 0.451. The number of nitrogens with zero attached hydrogens (tertiary/aromatic N) is 1. The molecule has 1 aromatic rings. The van der Waals surface area contributed by atoms with Gasteiger partial charge in [0.05, 0.1) is 18.2 Å². The summed E-state index contributed by atoms with van der Waals surface area (Å²) >= 11 is 0. The maximum absolute atomic E-state index is 13.2. The van der Waals surface area contributed by atoms with Crippen LogP contribution in [0.25, 0.3) is 0 Å². The Morgan fingerprint density at radius 1 is 1.32 bits per heavy atom. The van der Waals surface area contributed by atoms with Gasteiger partial charge in [-0.05, 0) is 45.1 Å². The first kappa shape index (κ1) is 18.5. The van der Waals surface area contributed by atoms with E-state index in [0.29, 0.717) is 6.42 Å². The van der Waals surface area contributed by atoms with Gasteiger partial charge in [-0.1, -0.05) is 19.4 Å². The minimum Gasteiger partial charge on any atom is -0.386 e. The van der Waals surface area contributed by atoms with Crippen molar-refractivity contribution in [1.82, 2.24) is 10.2 Å². The van der Waals surface area contributed by atoms with Gasteiger partial charge in [-0.3, -0.25) is 9.69 Å². The lowest BCUT2D eigenvalue weighted by Gasteiger charge is -2.27. The second-order valence-corrected chi connectivity index (χ2v) is 5.68. The number of hydrogen-bond acceptors (Lipinski definition) is 3. The summed E-state index contributed by atoms with van der Waals surface area (Å²) in [5, 5.41) is 12.9. The van der Waals surface area contributed by atoms with Crippen molar-refractivity contribution < 1.29 is 18.7 Å². The molecule has 1 aromatic carbocycles. The van der Waals surface area contributed by atoms with E-state index in [9.17, 15) is 18.7 Å². The van der Waals surface area contributed by atoms with E-state index in [1.54, 1.807) is 6.92 Å². The molecule has 3 atom stereocenters. The molecule has 0 aliphatic heterocycles. The predicted octanol–water partition coefficient (Wildman–Crippen LogP) is 2.23. The van der Waals surface area contributed by atoms with E-state index in [-0.39, 0.29) is 17.5 Å². The molecule has 0 aliphatic rings. The van der Waals surface area contributed by atoms with Crippen LogP contribution in [0.15, 0.2) is 18.2 Å². The molecule has 0 aromatic heterocycles. The monoisotopic (exact) mass is 314 g/mol. The fraction of sp³-hybridized carbons (Fsp3) is 0.562. The van der Waals surface area contributed by atoms with Gasteiger partial charge in [0.2, 0.25) is 5.91 Å². The van der Waals surface area contributed by atoms with Crippen LogP contribution in [0.4, 0.5) is 8.78 Å². The molecule has 0 spiro atoms. The number of hydrogen-bond donors (Lipinski definition) is 2. The molecule has 3 unspecified atom stereocenters. The normalized spacial score (nSPS) is 15.5. The lowest BCUT2D eigenvalue weighted by atomic mass is 10.0. The Labute approximate surface area is 130 Å². The Hall–Kier alpha value is -1.53. The molecular weight excluding hydrogens is 290 g/mol. The molecule has 0 radical (unpaired) electrons. The molecule has 0 saturated carbocycles. The third kappa shape index (κ3) is 4.74. The average molecular weight is 314 g/mol. The van der Waals surface area contributed by atoms with E-state index in [2.05, 4.69) is 5.32 Å². The first-order chi connectivity index (χ1) is 10.3. The lowest BCUT2D eigenvalue weighted by molar-refractivity contribution is -0.127. The van der Waals surface area contributed by atoms with E-state index in [4.69, 9.17) is 0 Å². The largest absolute Gasteiger partial charge is 0.386 e. The van der Waals surface area contributed by atoms with Gasteiger partial charge < -0.3 is 10.4 Å². The Kier molecular flexibility index (Phi) is 6.90. The van der Waals surface area contributed by atoms with Crippen molar-refractivity contribution in [1.29, 1.82) is 0 Å². The number of nitrogens with one attached hydrogen (secondary N) is 1. The first-order valence-electron chi connectivity index (χ1n) is 7.37. The Bertz CT molecular complexity index is 509. The van der Waals surface area contributed by atoms with Crippen molar-refractivity contribution in [2.75, 3.05) is 14.1 Å². The van der Waals surface area contributed by atoms with Crippen LogP contribution in [0.5, 0.6) is 0 Å². The van der Waals surface area contributed by atoms with Gasteiger partial charge in [0.15, 0.2) is 11.6 Å². The van der Waals surface area contributed by atoms with E-state index in [0.717, 1.165) is 18.6 Å². The SMILES string of the molecule is CCCC(C(=O)NC(C)C(O)c1ccc(F)c(F)c1)N(C)C. The Morgan fingerprint density at radius 3 is 2.45 bits per heavy atom. The minimum atomic E-state index is -1.11. The van der Waals surface area contributed by atoms with E-state index in [1.807, 2.05) is 25.9 Å². The minimum absolute atomic E-state index is 0.194. The summed E-state index contributed by atoms with van der Waals surface area (Å²) in [4.78, 5) is 14.1. The topological polar surface area (TPSA) is 52.6 Å². The molecule has 0 bridgehead atoms. The second-order valence-electron chi connectivity index (χ2n) is 5.68. The molecule has 0 heterocycles. The van der Waals surface area contributed by atoms with Crippen LogP contribution in [0.1, 0.15) is 38.4 Å². The number of aliphatic hydroxyl groups is 1. The van der Waals surface area contributed by atoms with Gasteiger partial charge in [0.1, 0.15) is 0 Å². The van der Waals surface area contributed by atoms with Crippen molar-refractivity contribution in [2.24, 2.45) is 0 Å².